The fourth-order valence-corrected chi connectivity index (χ4v) is 2.87. The molecule has 1 atom stereocenters. The van der Waals surface area contributed by atoms with Crippen LogP contribution in [0.3, 0.4) is 0 Å². The summed E-state index contributed by atoms with van der Waals surface area (Å²) in [5, 5.41) is 2.91. The fourth-order valence-electron chi connectivity index (χ4n) is 1.86. The van der Waals surface area contributed by atoms with Crippen molar-refractivity contribution >= 4 is 20.3 Å². The van der Waals surface area contributed by atoms with Crippen LogP contribution in [0.5, 0.6) is 0 Å². The average molecular weight is 382 g/mol. The molecule has 1 N–H and O–H groups in total. The zero-order valence-electron chi connectivity index (χ0n) is 16.6. The Balaban J connectivity index is 2.51. The minimum absolute atomic E-state index is 0.0300. The van der Waals surface area contributed by atoms with E-state index in [9.17, 15) is 9.59 Å². The standard InChI is InChI=1S/C19H31NO5Si/c1-19(2,3)26(5,6)25-14-16(18(22)23-4)20-12-17(21)24-13-15-10-8-7-9-11-15/h7-11,16,20H,12-14H2,1-6H3/t16-/m0/s1. The topological polar surface area (TPSA) is 73.9 Å². The van der Waals surface area contributed by atoms with E-state index >= 15 is 0 Å². The molecule has 0 aromatic heterocycles. The van der Waals surface area contributed by atoms with Crippen LogP contribution in [0.25, 0.3) is 0 Å². The molecule has 6 nitrogen and oxygen atoms in total. The minimum atomic E-state index is -2.01. The predicted octanol–water partition coefficient (Wildman–Crippen LogP) is 2.88. The summed E-state index contributed by atoms with van der Waals surface area (Å²) in [7, 11) is -0.689. The van der Waals surface area contributed by atoms with Gasteiger partial charge in [0, 0.05) is 0 Å². The molecule has 0 saturated heterocycles. The van der Waals surface area contributed by atoms with Crippen molar-refractivity contribution in [3.63, 3.8) is 0 Å². The lowest BCUT2D eigenvalue weighted by molar-refractivity contribution is -0.146. The van der Waals surface area contributed by atoms with E-state index in [0.29, 0.717) is 0 Å². The summed E-state index contributed by atoms with van der Waals surface area (Å²) in [6.07, 6.45) is 0. The second-order valence-electron chi connectivity index (χ2n) is 7.67. The van der Waals surface area contributed by atoms with Gasteiger partial charge in [-0.05, 0) is 23.7 Å². The van der Waals surface area contributed by atoms with Crippen molar-refractivity contribution in [1.29, 1.82) is 0 Å². The lowest BCUT2D eigenvalue weighted by atomic mass is 10.2. The van der Waals surface area contributed by atoms with Gasteiger partial charge in [-0.3, -0.25) is 14.9 Å². The molecule has 0 aliphatic carbocycles. The Kier molecular flexibility index (Phi) is 8.46. The Bertz CT molecular complexity index is 583. The van der Waals surface area contributed by atoms with Gasteiger partial charge < -0.3 is 13.9 Å². The third kappa shape index (κ3) is 7.27. The highest BCUT2D eigenvalue weighted by atomic mass is 28.4. The summed E-state index contributed by atoms with van der Waals surface area (Å²) in [4.78, 5) is 23.9. The van der Waals surface area contributed by atoms with Crippen LogP contribution in [0.15, 0.2) is 30.3 Å². The SMILES string of the molecule is COC(=O)[C@H](CO[Si](C)(C)C(C)(C)C)NCC(=O)OCc1ccccc1. The first-order valence-electron chi connectivity index (χ1n) is 8.71. The molecule has 0 saturated carbocycles. The van der Waals surface area contributed by atoms with E-state index in [0.717, 1.165) is 5.56 Å². The van der Waals surface area contributed by atoms with Crippen LogP contribution in [-0.4, -0.2) is 46.6 Å². The Morgan fingerprint density at radius 2 is 1.77 bits per heavy atom. The van der Waals surface area contributed by atoms with Gasteiger partial charge in [0.05, 0.1) is 20.3 Å². The number of ether oxygens (including phenoxy) is 2. The maximum Gasteiger partial charge on any atom is 0.325 e. The van der Waals surface area contributed by atoms with Crippen molar-refractivity contribution in [3.8, 4) is 0 Å². The Labute approximate surface area is 157 Å². The average Bonchev–Trinajstić information content (AvgIpc) is 2.59. The molecule has 1 aromatic rings. The third-order valence-electron chi connectivity index (χ3n) is 4.64. The van der Waals surface area contributed by atoms with E-state index in [-0.39, 0.29) is 24.8 Å². The molecule has 0 aliphatic heterocycles. The molecule has 26 heavy (non-hydrogen) atoms. The van der Waals surface area contributed by atoms with Gasteiger partial charge in [0.25, 0.3) is 0 Å². The molecule has 0 fully saturated rings. The van der Waals surface area contributed by atoms with Crippen LogP contribution >= 0.6 is 0 Å². The smallest absolute Gasteiger partial charge is 0.325 e. The van der Waals surface area contributed by atoms with Crippen molar-refractivity contribution in [2.24, 2.45) is 0 Å². The number of methoxy groups -OCH3 is 1. The van der Waals surface area contributed by atoms with Crippen molar-refractivity contribution in [2.75, 3.05) is 20.3 Å². The van der Waals surface area contributed by atoms with Gasteiger partial charge in [-0.1, -0.05) is 51.1 Å². The number of carbonyl (C=O) groups excluding carboxylic acids is 2. The number of hydrogen-bond acceptors (Lipinski definition) is 6. The van der Waals surface area contributed by atoms with Crippen LogP contribution in [0.1, 0.15) is 26.3 Å². The zero-order valence-corrected chi connectivity index (χ0v) is 17.6. The van der Waals surface area contributed by atoms with Crippen LogP contribution < -0.4 is 5.32 Å². The quantitative estimate of drug-likeness (QED) is 0.524. The summed E-state index contributed by atoms with van der Waals surface area (Å²) in [6, 6.07) is 8.71. The van der Waals surface area contributed by atoms with Crippen molar-refractivity contribution in [1.82, 2.24) is 5.32 Å². The first-order chi connectivity index (χ1) is 12.1. The van der Waals surface area contributed by atoms with Crippen LogP contribution in [-0.2, 0) is 30.1 Å². The highest BCUT2D eigenvalue weighted by Gasteiger charge is 2.38. The number of benzene rings is 1. The van der Waals surface area contributed by atoms with E-state index in [1.807, 2.05) is 30.3 Å². The van der Waals surface area contributed by atoms with Gasteiger partial charge in [0.1, 0.15) is 12.6 Å². The number of nitrogens with one attached hydrogen (secondary N) is 1. The second-order valence-corrected chi connectivity index (χ2v) is 12.5. The largest absolute Gasteiger partial charge is 0.468 e. The molecule has 0 aliphatic rings. The fraction of sp³-hybridized carbons (Fsp3) is 0.579. The predicted molar refractivity (Wildman–Crippen MR) is 103 cm³/mol. The normalized spacial score (nSPS) is 13.2. The van der Waals surface area contributed by atoms with E-state index in [1.54, 1.807) is 0 Å². The number of rotatable bonds is 9. The molecule has 0 unspecified atom stereocenters. The van der Waals surface area contributed by atoms with E-state index < -0.39 is 26.3 Å². The molecule has 0 heterocycles. The highest BCUT2D eigenvalue weighted by Crippen LogP contribution is 2.36. The van der Waals surface area contributed by atoms with E-state index in [2.05, 4.69) is 39.2 Å². The molecule has 0 spiro atoms. The van der Waals surface area contributed by atoms with E-state index in [1.165, 1.54) is 7.11 Å². The van der Waals surface area contributed by atoms with Gasteiger partial charge in [0.2, 0.25) is 0 Å². The summed E-state index contributed by atoms with van der Waals surface area (Å²) in [6.45, 7) is 10.9. The third-order valence-corrected chi connectivity index (χ3v) is 9.14. The summed E-state index contributed by atoms with van der Waals surface area (Å²) >= 11 is 0. The first kappa shape index (κ1) is 22.3. The second kappa shape index (κ2) is 9.85. The van der Waals surface area contributed by atoms with Gasteiger partial charge in [0.15, 0.2) is 8.32 Å². The molecule has 1 rings (SSSR count). The van der Waals surface area contributed by atoms with Crippen molar-refractivity contribution in [3.05, 3.63) is 35.9 Å². The molecule has 0 radical (unpaired) electrons. The Morgan fingerprint density at radius 1 is 1.15 bits per heavy atom. The number of esters is 2. The van der Waals surface area contributed by atoms with Gasteiger partial charge in [-0.15, -0.1) is 0 Å². The summed E-state index contributed by atoms with van der Waals surface area (Å²) < 4.78 is 16.1. The molecule has 0 bridgehead atoms. The minimum Gasteiger partial charge on any atom is -0.468 e. The van der Waals surface area contributed by atoms with Crippen LogP contribution in [0.4, 0.5) is 0 Å². The molecular formula is C19H31NO5Si. The lowest BCUT2D eigenvalue weighted by Gasteiger charge is -2.37. The molecule has 146 valence electrons. The zero-order chi connectivity index (χ0) is 19.8. The monoisotopic (exact) mass is 381 g/mol. The Hall–Kier alpha value is -1.70. The van der Waals surface area contributed by atoms with Gasteiger partial charge in [-0.25, -0.2) is 0 Å². The summed E-state index contributed by atoms with van der Waals surface area (Å²) in [5.74, 6) is -0.894. The molecule has 1 aromatic carbocycles. The molecule has 7 heteroatoms. The maximum absolute atomic E-state index is 12.0. The number of carbonyl (C=O) groups is 2. The highest BCUT2D eigenvalue weighted by molar-refractivity contribution is 6.74. The lowest BCUT2D eigenvalue weighted by Crippen LogP contribution is -2.49. The van der Waals surface area contributed by atoms with Crippen LogP contribution in [0, 0.1) is 0 Å². The molecule has 0 amide bonds. The van der Waals surface area contributed by atoms with Crippen LogP contribution in [0.2, 0.25) is 18.1 Å². The molecular weight excluding hydrogens is 350 g/mol. The van der Waals surface area contributed by atoms with Crippen molar-refractivity contribution in [2.45, 2.75) is 51.6 Å². The number of hydrogen-bond donors (Lipinski definition) is 1. The van der Waals surface area contributed by atoms with Gasteiger partial charge >= 0.3 is 11.9 Å². The van der Waals surface area contributed by atoms with E-state index in [4.69, 9.17) is 13.9 Å². The maximum atomic E-state index is 12.0. The first-order valence-corrected chi connectivity index (χ1v) is 11.6. The Morgan fingerprint density at radius 3 is 2.31 bits per heavy atom. The summed E-state index contributed by atoms with van der Waals surface area (Å²) in [5.41, 5.74) is 0.909. The van der Waals surface area contributed by atoms with Crippen molar-refractivity contribution < 1.29 is 23.5 Å². The van der Waals surface area contributed by atoms with Gasteiger partial charge in [-0.2, -0.15) is 0 Å².